The number of carbonyl (C=O) groups is 1. The number of ether oxygens (including phenoxy) is 1. The lowest BCUT2D eigenvalue weighted by Gasteiger charge is -2.20. The van der Waals surface area contributed by atoms with Crippen LogP contribution in [0.5, 0.6) is 0 Å². The first kappa shape index (κ1) is 16.9. The van der Waals surface area contributed by atoms with E-state index >= 15 is 0 Å². The summed E-state index contributed by atoms with van der Waals surface area (Å²) in [7, 11) is 1.71. The molecule has 1 aromatic heterocycles. The van der Waals surface area contributed by atoms with Crippen LogP contribution in [-0.2, 0) is 22.4 Å². The molecule has 0 fully saturated rings. The first-order chi connectivity index (χ1) is 11.6. The maximum absolute atomic E-state index is 11.4. The average molecular weight is 345 g/mol. The number of methoxy groups -OCH3 is 1. The van der Waals surface area contributed by atoms with Crippen LogP contribution in [0, 0.1) is 6.92 Å². The average Bonchev–Trinajstić information content (AvgIpc) is 2.94. The van der Waals surface area contributed by atoms with Gasteiger partial charge in [-0.1, -0.05) is 0 Å². The van der Waals surface area contributed by atoms with E-state index in [4.69, 9.17) is 4.74 Å². The lowest BCUT2D eigenvalue weighted by molar-refractivity contribution is -0.116. The Morgan fingerprint density at radius 3 is 3.04 bits per heavy atom. The fraction of sp³-hybridized carbons (Fsp3) is 0.444. The number of aryl methyl sites for hydroxylation is 2. The lowest BCUT2D eigenvalue weighted by Crippen LogP contribution is -2.19. The van der Waals surface area contributed by atoms with Crippen LogP contribution in [-0.4, -0.2) is 24.6 Å². The third-order valence-electron chi connectivity index (χ3n) is 4.17. The highest BCUT2D eigenvalue weighted by Gasteiger charge is 2.17. The number of anilines is 2. The van der Waals surface area contributed by atoms with Crippen molar-refractivity contribution in [1.29, 1.82) is 0 Å². The molecular weight excluding hydrogens is 322 g/mol. The van der Waals surface area contributed by atoms with Crippen molar-refractivity contribution in [3.8, 4) is 0 Å². The molecule has 1 atom stereocenters. The molecule has 24 heavy (non-hydrogen) atoms. The zero-order chi connectivity index (χ0) is 17.1. The molecular formula is C18H23N3O2S. The van der Waals surface area contributed by atoms with Crippen LogP contribution in [0.1, 0.15) is 40.5 Å². The molecule has 2 aromatic rings. The number of hydrogen-bond donors (Lipinski definition) is 2. The van der Waals surface area contributed by atoms with Gasteiger partial charge in [0.05, 0.1) is 23.4 Å². The molecule has 0 saturated carbocycles. The third kappa shape index (κ3) is 3.76. The highest BCUT2D eigenvalue weighted by molar-refractivity contribution is 7.11. The maximum atomic E-state index is 11.4. The summed E-state index contributed by atoms with van der Waals surface area (Å²) in [5.74, 6) is 0.0976. The van der Waals surface area contributed by atoms with Gasteiger partial charge in [-0.3, -0.25) is 4.79 Å². The van der Waals surface area contributed by atoms with Gasteiger partial charge in [0.15, 0.2) is 0 Å². The molecule has 1 aliphatic rings. The van der Waals surface area contributed by atoms with Crippen molar-refractivity contribution in [3.63, 3.8) is 0 Å². The standard InChI is InChI=1S/C18H23N3O2S/c1-11(18-12(2)20-17(24-18)8-9-23-3)19-14-5-6-15-13(10-14)4-7-16(22)21-15/h5-6,10-11,19H,4,7-9H2,1-3H3,(H,21,22). The fourth-order valence-electron chi connectivity index (χ4n) is 2.95. The summed E-state index contributed by atoms with van der Waals surface area (Å²) in [4.78, 5) is 17.3. The summed E-state index contributed by atoms with van der Waals surface area (Å²) in [5, 5.41) is 7.59. The number of benzene rings is 1. The Balaban J connectivity index is 1.72. The van der Waals surface area contributed by atoms with Gasteiger partial charge >= 0.3 is 0 Å². The zero-order valence-electron chi connectivity index (χ0n) is 14.3. The Morgan fingerprint density at radius 1 is 1.42 bits per heavy atom. The molecule has 0 bridgehead atoms. The summed E-state index contributed by atoms with van der Waals surface area (Å²) in [5.41, 5.74) is 4.27. The number of amides is 1. The molecule has 0 aliphatic carbocycles. The van der Waals surface area contributed by atoms with E-state index in [9.17, 15) is 4.79 Å². The van der Waals surface area contributed by atoms with Crippen LogP contribution in [0.15, 0.2) is 18.2 Å². The minimum atomic E-state index is 0.0976. The van der Waals surface area contributed by atoms with Crippen LogP contribution in [0.4, 0.5) is 11.4 Å². The van der Waals surface area contributed by atoms with Gasteiger partial charge in [0.25, 0.3) is 0 Å². The van der Waals surface area contributed by atoms with Gasteiger partial charge in [-0.2, -0.15) is 0 Å². The Hall–Kier alpha value is -1.92. The van der Waals surface area contributed by atoms with Crippen molar-refractivity contribution in [1.82, 2.24) is 4.98 Å². The van der Waals surface area contributed by atoms with Gasteiger partial charge in [-0.25, -0.2) is 4.98 Å². The van der Waals surface area contributed by atoms with E-state index in [1.807, 2.05) is 12.1 Å². The van der Waals surface area contributed by atoms with Crippen LogP contribution in [0.25, 0.3) is 0 Å². The molecule has 2 N–H and O–H groups in total. The predicted molar refractivity (Wildman–Crippen MR) is 97.9 cm³/mol. The number of nitrogens with zero attached hydrogens (tertiary/aromatic N) is 1. The van der Waals surface area contributed by atoms with E-state index in [1.54, 1.807) is 18.4 Å². The number of rotatable bonds is 6. The van der Waals surface area contributed by atoms with Gasteiger partial charge in [-0.05, 0) is 44.0 Å². The summed E-state index contributed by atoms with van der Waals surface area (Å²) in [6.07, 6.45) is 2.21. The molecule has 3 rings (SSSR count). The van der Waals surface area contributed by atoms with E-state index in [0.717, 1.165) is 34.9 Å². The van der Waals surface area contributed by atoms with Crippen LogP contribution >= 0.6 is 11.3 Å². The Morgan fingerprint density at radius 2 is 2.25 bits per heavy atom. The second-order valence-corrected chi connectivity index (χ2v) is 7.20. The Kier molecular flexibility index (Phi) is 5.16. The molecule has 0 spiro atoms. The normalized spacial score (nSPS) is 14.9. The van der Waals surface area contributed by atoms with Crippen molar-refractivity contribution < 1.29 is 9.53 Å². The number of fused-ring (bicyclic) bond motifs is 1. The number of thiazole rings is 1. The summed E-state index contributed by atoms with van der Waals surface area (Å²) < 4.78 is 5.13. The molecule has 6 heteroatoms. The number of carbonyl (C=O) groups excluding carboxylic acids is 1. The van der Waals surface area contributed by atoms with Crippen molar-refractivity contribution in [3.05, 3.63) is 39.3 Å². The van der Waals surface area contributed by atoms with Gasteiger partial charge in [-0.15, -0.1) is 11.3 Å². The molecule has 1 unspecified atom stereocenters. The number of nitrogens with one attached hydrogen (secondary N) is 2. The molecule has 1 aliphatic heterocycles. The highest BCUT2D eigenvalue weighted by atomic mass is 32.1. The highest BCUT2D eigenvalue weighted by Crippen LogP contribution is 2.31. The van der Waals surface area contributed by atoms with Crippen molar-refractivity contribution in [2.75, 3.05) is 24.4 Å². The van der Waals surface area contributed by atoms with Crippen molar-refractivity contribution in [2.24, 2.45) is 0 Å². The molecule has 1 amide bonds. The minimum Gasteiger partial charge on any atom is -0.384 e. The van der Waals surface area contributed by atoms with Crippen LogP contribution in [0.3, 0.4) is 0 Å². The number of aromatic nitrogens is 1. The molecule has 0 radical (unpaired) electrons. The summed E-state index contributed by atoms with van der Waals surface area (Å²) in [6.45, 7) is 4.91. The van der Waals surface area contributed by atoms with E-state index in [2.05, 4.69) is 35.5 Å². The third-order valence-corrected chi connectivity index (χ3v) is 5.57. The zero-order valence-corrected chi connectivity index (χ0v) is 15.1. The van der Waals surface area contributed by atoms with Crippen molar-refractivity contribution >= 4 is 28.6 Å². The van der Waals surface area contributed by atoms with Crippen LogP contribution in [0.2, 0.25) is 0 Å². The SMILES string of the molecule is COCCc1nc(C)c(C(C)Nc2ccc3c(c2)CCC(=O)N3)s1. The molecule has 128 valence electrons. The second kappa shape index (κ2) is 7.32. The van der Waals surface area contributed by atoms with E-state index in [0.29, 0.717) is 13.0 Å². The first-order valence-electron chi connectivity index (χ1n) is 8.21. The largest absolute Gasteiger partial charge is 0.384 e. The quantitative estimate of drug-likeness (QED) is 0.838. The van der Waals surface area contributed by atoms with Gasteiger partial charge in [0.2, 0.25) is 5.91 Å². The number of hydrogen-bond acceptors (Lipinski definition) is 5. The molecule has 5 nitrogen and oxygen atoms in total. The Bertz CT molecular complexity index is 742. The van der Waals surface area contributed by atoms with E-state index in [1.165, 1.54) is 10.4 Å². The lowest BCUT2D eigenvalue weighted by atomic mass is 10.0. The topological polar surface area (TPSA) is 63.2 Å². The van der Waals surface area contributed by atoms with E-state index < -0.39 is 0 Å². The van der Waals surface area contributed by atoms with Gasteiger partial charge in [0, 0.05) is 36.2 Å². The Labute approximate surface area is 146 Å². The first-order valence-corrected chi connectivity index (χ1v) is 9.03. The van der Waals surface area contributed by atoms with Crippen molar-refractivity contribution in [2.45, 2.75) is 39.2 Å². The minimum absolute atomic E-state index is 0.0976. The second-order valence-electron chi connectivity index (χ2n) is 6.09. The fourth-order valence-corrected chi connectivity index (χ4v) is 4.00. The molecule has 1 aromatic carbocycles. The van der Waals surface area contributed by atoms with Gasteiger partial charge in [0.1, 0.15) is 0 Å². The molecule has 0 saturated heterocycles. The van der Waals surface area contributed by atoms with Gasteiger partial charge < -0.3 is 15.4 Å². The molecule has 2 heterocycles. The van der Waals surface area contributed by atoms with E-state index in [-0.39, 0.29) is 11.9 Å². The smallest absolute Gasteiger partial charge is 0.224 e. The van der Waals surface area contributed by atoms with Crippen LogP contribution < -0.4 is 10.6 Å². The summed E-state index contributed by atoms with van der Waals surface area (Å²) in [6, 6.07) is 6.32. The summed E-state index contributed by atoms with van der Waals surface area (Å²) >= 11 is 1.75. The maximum Gasteiger partial charge on any atom is 0.224 e. The monoisotopic (exact) mass is 345 g/mol. The predicted octanol–water partition coefficient (Wildman–Crippen LogP) is 3.70.